The lowest BCUT2D eigenvalue weighted by molar-refractivity contribution is -0.125. The van der Waals surface area contributed by atoms with Crippen LogP contribution in [0.3, 0.4) is 0 Å². The summed E-state index contributed by atoms with van der Waals surface area (Å²) in [4.78, 5) is 22.7. The summed E-state index contributed by atoms with van der Waals surface area (Å²) in [5.74, 6) is 1.03. The van der Waals surface area contributed by atoms with Gasteiger partial charge in [-0.1, -0.05) is 6.92 Å². The Hall–Kier alpha value is -1.65. The molecule has 0 aliphatic carbocycles. The number of carbonyl (C=O) groups excluding carboxylic acids is 1. The summed E-state index contributed by atoms with van der Waals surface area (Å²) < 4.78 is 0. The number of amides is 1. The summed E-state index contributed by atoms with van der Waals surface area (Å²) in [5.41, 5.74) is 1.21. The third-order valence-corrected chi connectivity index (χ3v) is 4.57. The SMILES string of the molecule is CCc1cnc(N2CCC3(CCCC(=O)N3)CC2)nc1. The first-order valence-electron chi connectivity index (χ1n) is 7.58. The van der Waals surface area contributed by atoms with Crippen LogP contribution in [0, 0.1) is 0 Å². The minimum Gasteiger partial charge on any atom is -0.351 e. The highest BCUT2D eigenvalue weighted by Gasteiger charge is 2.38. The van der Waals surface area contributed by atoms with Crippen LogP contribution >= 0.6 is 0 Å². The monoisotopic (exact) mass is 274 g/mol. The summed E-state index contributed by atoms with van der Waals surface area (Å²) >= 11 is 0. The number of aromatic nitrogens is 2. The second-order valence-corrected chi connectivity index (χ2v) is 5.91. The normalized spacial score (nSPS) is 21.9. The van der Waals surface area contributed by atoms with Crippen molar-refractivity contribution in [3.63, 3.8) is 0 Å². The van der Waals surface area contributed by atoms with Gasteiger partial charge in [0.2, 0.25) is 11.9 Å². The summed E-state index contributed by atoms with van der Waals surface area (Å²) in [6, 6.07) is 0. The lowest BCUT2D eigenvalue weighted by atomic mass is 9.80. The second-order valence-electron chi connectivity index (χ2n) is 5.91. The van der Waals surface area contributed by atoms with Crippen molar-refractivity contribution in [3.05, 3.63) is 18.0 Å². The van der Waals surface area contributed by atoms with Crippen molar-refractivity contribution in [1.29, 1.82) is 0 Å². The predicted octanol–water partition coefficient (Wildman–Crippen LogP) is 1.68. The molecular weight excluding hydrogens is 252 g/mol. The largest absolute Gasteiger partial charge is 0.351 e. The van der Waals surface area contributed by atoms with Crippen LogP contribution in [-0.4, -0.2) is 34.5 Å². The Morgan fingerprint density at radius 2 is 1.95 bits per heavy atom. The molecule has 1 aromatic rings. The third kappa shape index (κ3) is 2.62. The molecule has 0 saturated carbocycles. The summed E-state index contributed by atoms with van der Waals surface area (Å²) in [7, 11) is 0. The molecule has 20 heavy (non-hydrogen) atoms. The fourth-order valence-corrected chi connectivity index (χ4v) is 3.21. The van der Waals surface area contributed by atoms with Gasteiger partial charge < -0.3 is 10.2 Å². The molecule has 0 aromatic carbocycles. The Kier molecular flexibility index (Phi) is 3.59. The number of nitrogens with zero attached hydrogens (tertiary/aromatic N) is 3. The van der Waals surface area contributed by atoms with Gasteiger partial charge in [0.05, 0.1) is 0 Å². The minimum atomic E-state index is 0.0369. The zero-order chi connectivity index (χ0) is 14.0. The number of rotatable bonds is 2. The number of hydrogen-bond donors (Lipinski definition) is 1. The lowest BCUT2D eigenvalue weighted by Gasteiger charge is -2.44. The van der Waals surface area contributed by atoms with Crippen molar-refractivity contribution in [2.24, 2.45) is 0 Å². The first-order valence-corrected chi connectivity index (χ1v) is 7.58. The molecule has 5 nitrogen and oxygen atoms in total. The number of piperidine rings is 2. The highest BCUT2D eigenvalue weighted by atomic mass is 16.1. The van der Waals surface area contributed by atoms with E-state index in [1.807, 2.05) is 12.4 Å². The zero-order valence-electron chi connectivity index (χ0n) is 12.1. The molecule has 5 heteroatoms. The highest BCUT2D eigenvalue weighted by molar-refractivity contribution is 5.77. The molecule has 1 spiro atoms. The Bertz CT molecular complexity index is 477. The van der Waals surface area contributed by atoms with Crippen molar-refractivity contribution in [2.45, 2.75) is 51.0 Å². The fourth-order valence-electron chi connectivity index (χ4n) is 3.21. The van der Waals surface area contributed by atoms with Crippen LogP contribution in [0.2, 0.25) is 0 Å². The van der Waals surface area contributed by atoms with Crippen molar-refractivity contribution >= 4 is 11.9 Å². The predicted molar refractivity (Wildman–Crippen MR) is 77.6 cm³/mol. The van der Waals surface area contributed by atoms with E-state index in [4.69, 9.17) is 0 Å². The molecule has 1 N–H and O–H groups in total. The van der Waals surface area contributed by atoms with Gasteiger partial charge in [-0.15, -0.1) is 0 Å². The minimum absolute atomic E-state index is 0.0369. The maximum Gasteiger partial charge on any atom is 0.225 e. The van der Waals surface area contributed by atoms with E-state index in [2.05, 4.69) is 27.1 Å². The van der Waals surface area contributed by atoms with Crippen LogP contribution in [0.1, 0.15) is 44.6 Å². The molecule has 108 valence electrons. The molecule has 0 bridgehead atoms. The topological polar surface area (TPSA) is 58.1 Å². The average molecular weight is 274 g/mol. The number of nitrogens with one attached hydrogen (secondary N) is 1. The maximum absolute atomic E-state index is 11.6. The molecule has 2 saturated heterocycles. The Morgan fingerprint density at radius 1 is 1.25 bits per heavy atom. The average Bonchev–Trinajstić information content (AvgIpc) is 2.48. The van der Waals surface area contributed by atoms with Gasteiger partial charge in [0.25, 0.3) is 0 Å². The van der Waals surface area contributed by atoms with E-state index in [0.717, 1.165) is 51.1 Å². The van der Waals surface area contributed by atoms with E-state index in [9.17, 15) is 4.79 Å². The lowest BCUT2D eigenvalue weighted by Crippen LogP contribution is -2.57. The van der Waals surface area contributed by atoms with Gasteiger partial charge >= 0.3 is 0 Å². The Balaban J connectivity index is 1.64. The van der Waals surface area contributed by atoms with Gasteiger partial charge in [-0.05, 0) is 37.7 Å². The van der Waals surface area contributed by atoms with E-state index in [0.29, 0.717) is 6.42 Å². The van der Waals surface area contributed by atoms with E-state index in [1.54, 1.807) is 0 Å². The van der Waals surface area contributed by atoms with Gasteiger partial charge in [-0.25, -0.2) is 9.97 Å². The van der Waals surface area contributed by atoms with Crippen LogP contribution in [0.15, 0.2) is 12.4 Å². The molecule has 2 fully saturated rings. The van der Waals surface area contributed by atoms with Crippen LogP contribution < -0.4 is 10.2 Å². The molecular formula is C15H22N4O. The second kappa shape index (κ2) is 5.38. The standard InChI is InChI=1S/C15H22N4O/c1-2-12-10-16-14(17-11-12)19-8-6-15(7-9-19)5-3-4-13(20)18-15/h10-11H,2-9H2,1H3,(H,18,20). The molecule has 1 amide bonds. The van der Waals surface area contributed by atoms with Crippen LogP contribution in [-0.2, 0) is 11.2 Å². The number of carbonyl (C=O) groups is 1. The molecule has 1 aromatic heterocycles. The third-order valence-electron chi connectivity index (χ3n) is 4.57. The summed E-state index contributed by atoms with van der Waals surface area (Å²) in [6.45, 7) is 3.95. The Labute approximate surface area is 119 Å². The maximum atomic E-state index is 11.6. The molecule has 2 aliphatic rings. The van der Waals surface area contributed by atoms with Gasteiger partial charge in [-0.2, -0.15) is 0 Å². The molecule has 2 aliphatic heterocycles. The van der Waals surface area contributed by atoms with Gasteiger partial charge in [0.1, 0.15) is 0 Å². The molecule has 0 radical (unpaired) electrons. The van der Waals surface area contributed by atoms with E-state index >= 15 is 0 Å². The molecule has 3 rings (SSSR count). The van der Waals surface area contributed by atoms with E-state index < -0.39 is 0 Å². The van der Waals surface area contributed by atoms with Crippen LogP contribution in [0.5, 0.6) is 0 Å². The highest BCUT2D eigenvalue weighted by Crippen LogP contribution is 2.31. The van der Waals surface area contributed by atoms with Crippen molar-refractivity contribution in [2.75, 3.05) is 18.0 Å². The molecule has 0 unspecified atom stereocenters. The zero-order valence-corrected chi connectivity index (χ0v) is 12.1. The van der Waals surface area contributed by atoms with Crippen molar-refractivity contribution < 1.29 is 4.79 Å². The first-order chi connectivity index (χ1) is 9.71. The summed E-state index contributed by atoms with van der Waals surface area (Å²) in [5, 5.41) is 3.22. The van der Waals surface area contributed by atoms with E-state index in [-0.39, 0.29) is 11.4 Å². The fraction of sp³-hybridized carbons (Fsp3) is 0.667. The first kappa shape index (κ1) is 13.3. The van der Waals surface area contributed by atoms with Crippen molar-refractivity contribution in [1.82, 2.24) is 15.3 Å². The van der Waals surface area contributed by atoms with Crippen LogP contribution in [0.25, 0.3) is 0 Å². The quantitative estimate of drug-likeness (QED) is 0.891. The Morgan fingerprint density at radius 3 is 2.55 bits per heavy atom. The van der Waals surface area contributed by atoms with Crippen LogP contribution in [0.4, 0.5) is 5.95 Å². The molecule has 0 atom stereocenters. The number of anilines is 1. The van der Waals surface area contributed by atoms with Gasteiger partial charge in [-0.3, -0.25) is 4.79 Å². The van der Waals surface area contributed by atoms with Gasteiger partial charge in [0, 0.05) is 37.4 Å². The number of aryl methyl sites for hydroxylation is 1. The molecule has 3 heterocycles. The van der Waals surface area contributed by atoms with Crippen molar-refractivity contribution in [3.8, 4) is 0 Å². The van der Waals surface area contributed by atoms with Gasteiger partial charge in [0.15, 0.2) is 0 Å². The number of hydrogen-bond acceptors (Lipinski definition) is 4. The van der Waals surface area contributed by atoms with E-state index in [1.165, 1.54) is 5.56 Å². The summed E-state index contributed by atoms with van der Waals surface area (Å²) in [6.07, 6.45) is 9.61. The smallest absolute Gasteiger partial charge is 0.225 e.